The van der Waals surface area contributed by atoms with Crippen molar-refractivity contribution in [3.05, 3.63) is 33.3 Å². The van der Waals surface area contributed by atoms with E-state index in [0.717, 1.165) is 42.3 Å². The third-order valence-corrected chi connectivity index (χ3v) is 4.51. The molecule has 1 N–H and O–H groups in total. The smallest absolute Gasteiger partial charge is 0.0589 e. The van der Waals surface area contributed by atoms with E-state index in [2.05, 4.69) is 32.2 Å². The van der Waals surface area contributed by atoms with Crippen LogP contribution in [-0.2, 0) is 11.3 Å². The number of nitrogens with one attached hydrogen (secondary N) is 1. The minimum Gasteiger partial charge on any atom is -0.383 e. The van der Waals surface area contributed by atoms with Gasteiger partial charge in [-0.3, -0.25) is 4.90 Å². The number of rotatable bonds is 7. The number of nitrogens with zero attached hydrogens (tertiary/aromatic N) is 1. The minimum atomic E-state index is 0.598. The second-order valence-electron chi connectivity index (χ2n) is 5.26. The molecule has 1 aromatic carbocycles. The van der Waals surface area contributed by atoms with Crippen LogP contribution in [0.4, 0.5) is 0 Å². The molecule has 0 saturated carbocycles. The Morgan fingerprint density at radius 1 is 1.50 bits per heavy atom. The van der Waals surface area contributed by atoms with Gasteiger partial charge in [0.1, 0.15) is 0 Å². The van der Waals surface area contributed by atoms with E-state index in [1.807, 2.05) is 12.1 Å². The van der Waals surface area contributed by atoms with Crippen molar-refractivity contribution in [2.24, 2.45) is 0 Å². The van der Waals surface area contributed by atoms with E-state index in [0.29, 0.717) is 6.04 Å². The van der Waals surface area contributed by atoms with Crippen LogP contribution in [0.15, 0.2) is 22.7 Å². The van der Waals surface area contributed by atoms with E-state index in [1.54, 1.807) is 7.11 Å². The lowest BCUT2D eigenvalue weighted by atomic mass is 10.1. The highest BCUT2D eigenvalue weighted by Gasteiger charge is 2.18. The van der Waals surface area contributed by atoms with Crippen molar-refractivity contribution < 1.29 is 4.74 Å². The first-order valence-corrected chi connectivity index (χ1v) is 8.24. The molecule has 2 rings (SSSR count). The average molecular weight is 362 g/mol. The zero-order valence-electron chi connectivity index (χ0n) is 11.9. The molecule has 0 radical (unpaired) electrons. The molecule has 0 amide bonds. The highest BCUT2D eigenvalue weighted by atomic mass is 79.9. The molecular formula is C15H22BrClN2O. The van der Waals surface area contributed by atoms with Gasteiger partial charge in [-0.15, -0.1) is 0 Å². The zero-order valence-corrected chi connectivity index (χ0v) is 14.2. The van der Waals surface area contributed by atoms with Crippen molar-refractivity contribution in [2.75, 3.05) is 33.4 Å². The third kappa shape index (κ3) is 5.01. The lowest BCUT2D eigenvalue weighted by Crippen LogP contribution is -2.38. The van der Waals surface area contributed by atoms with Gasteiger partial charge in [-0.1, -0.05) is 33.6 Å². The molecule has 1 aromatic rings. The zero-order chi connectivity index (χ0) is 14.4. The molecule has 1 atom stereocenters. The Labute approximate surface area is 134 Å². The fourth-order valence-electron chi connectivity index (χ4n) is 2.57. The molecular weight excluding hydrogens is 340 g/mol. The number of methoxy groups -OCH3 is 1. The van der Waals surface area contributed by atoms with E-state index in [9.17, 15) is 0 Å². The average Bonchev–Trinajstić information content (AvgIpc) is 2.92. The molecule has 3 nitrogen and oxygen atoms in total. The summed E-state index contributed by atoms with van der Waals surface area (Å²) < 4.78 is 6.24. The number of ether oxygens (including phenoxy) is 1. The molecule has 1 unspecified atom stereocenters. The van der Waals surface area contributed by atoms with Crippen LogP contribution in [0.1, 0.15) is 18.4 Å². The summed E-state index contributed by atoms with van der Waals surface area (Å²) in [4.78, 5) is 2.42. The van der Waals surface area contributed by atoms with Crippen molar-refractivity contribution in [1.29, 1.82) is 0 Å². The lowest BCUT2D eigenvalue weighted by Gasteiger charge is -2.26. The molecule has 0 aliphatic carbocycles. The Kier molecular flexibility index (Phi) is 6.78. The predicted octanol–water partition coefficient (Wildman–Crippen LogP) is 3.30. The Hall–Kier alpha value is -0.130. The summed E-state index contributed by atoms with van der Waals surface area (Å²) >= 11 is 9.77. The van der Waals surface area contributed by atoms with Gasteiger partial charge in [0.15, 0.2) is 0 Å². The minimum absolute atomic E-state index is 0.598. The summed E-state index contributed by atoms with van der Waals surface area (Å²) in [6.07, 6.45) is 2.54. The third-order valence-electron chi connectivity index (χ3n) is 3.66. The summed E-state index contributed by atoms with van der Waals surface area (Å²) in [5.74, 6) is 0. The van der Waals surface area contributed by atoms with Crippen LogP contribution >= 0.6 is 27.5 Å². The molecule has 1 saturated heterocycles. The molecule has 20 heavy (non-hydrogen) atoms. The molecule has 0 aromatic heterocycles. The van der Waals surface area contributed by atoms with Crippen molar-refractivity contribution in [3.63, 3.8) is 0 Å². The molecule has 5 heteroatoms. The Morgan fingerprint density at radius 2 is 2.35 bits per heavy atom. The van der Waals surface area contributed by atoms with E-state index in [4.69, 9.17) is 16.3 Å². The lowest BCUT2D eigenvalue weighted by molar-refractivity contribution is 0.138. The molecule has 0 bridgehead atoms. The second-order valence-corrected chi connectivity index (χ2v) is 6.58. The molecule has 112 valence electrons. The molecule has 1 fully saturated rings. The predicted molar refractivity (Wildman–Crippen MR) is 87.3 cm³/mol. The molecule has 1 heterocycles. The van der Waals surface area contributed by atoms with Gasteiger partial charge in [0.2, 0.25) is 0 Å². The van der Waals surface area contributed by atoms with E-state index >= 15 is 0 Å². The fraction of sp³-hybridized carbons (Fsp3) is 0.600. The monoisotopic (exact) mass is 360 g/mol. The standard InChI is InChI=1S/C15H22BrClN2O/c1-20-8-7-19(11-14-3-2-6-18-14)10-12-4-5-13(16)9-15(12)17/h4-5,9,14,18H,2-3,6-8,10-11H2,1H3. The summed E-state index contributed by atoms with van der Waals surface area (Å²) in [7, 11) is 1.75. The maximum Gasteiger partial charge on any atom is 0.0589 e. The number of hydrogen-bond donors (Lipinski definition) is 1. The SMILES string of the molecule is COCCN(Cc1ccc(Br)cc1Cl)CC1CCCN1. The maximum absolute atomic E-state index is 6.32. The number of halogens is 2. The van der Waals surface area contributed by atoms with Crippen molar-refractivity contribution in [3.8, 4) is 0 Å². The molecule has 1 aliphatic rings. The van der Waals surface area contributed by atoms with Gasteiger partial charge in [-0.25, -0.2) is 0 Å². The van der Waals surface area contributed by atoms with Gasteiger partial charge >= 0.3 is 0 Å². The largest absolute Gasteiger partial charge is 0.383 e. The molecule has 0 spiro atoms. The van der Waals surface area contributed by atoms with Gasteiger partial charge in [0.05, 0.1) is 6.61 Å². The first-order chi connectivity index (χ1) is 9.69. The van der Waals surface area contributed by atoms with Gasteiger partial charge < -0.3 is 10.1 Å². The Balaban J connectivity index is 1.97. The normalized spacial score (nSPS) is 18.9. The maximum atomic E-state index is 6.32. The Bertz CT molecular complexity index is 424. The van der Waals surface area contributed by atoms with Gasteiger partial charge in [-0.2, -0.15) is 0 Å². The highest BCUT2D eigenvalue weighted by Crippen LogP contribution is 2.23. The first kappa shape index (κ1) is 16.2. The molecule has 1 aliphatic heterocycles. The van der Waals surface area contributed by atoms with Crippen molar-refractivity contribution >= 4 is 27.5 Å². The van der Waals surface area contributed by atoms with Crippen molar-refractivity contribution in [1.82, 2.24) is 10.2 Å². The van der Waals surface area contributed by atoms with Crippen LogP contribution in [0, 0.1) is 0 Å². The highest BCUT2D eigenvalue weighted by molar-refractivity contribution is 9.10. The summed E-state index contributed by atoms with van der Waals surface area (Å²) in [6, 6.07) is 6.69. The Morgan fingerprint density at radius 3 is 3.00 bits per heavy atom. The van der Waals surface area contributed by atoms with Crippen LogP contribution in [0.5, 0.6) is 0 Å². The summed E-state index contributed by atoms with van der Waals surface area (Å²) in [5.41, 5.74) is 1.17. The summed E-state index contributed by atoms with van der Waals surface area (Å²) in [6.45, 7) is 4.74. The number of hydrogen-bond acceptors (Lipinski definition) is 3. The second kappa shape index (κ2) is 8.35. The number of benzene rings is 1. The first-order valence-electron chi connectivity index (χ1n) is 7.07. The van der Waals surface area contributed by atoms with Gasteiger partial charge in [0, 0.05) is 42.3 Å². The van der Waals surface area contributed by atoms with Gasteiger partial charge in [0.25, 0.3) is 0 Å². The van der Waals surface area contributed by atoms with E-state index in [-0.39, 0.29) is 0 Å². The van der Waals surface area contributed by atoms with Gasteiger partial charge in [-0.05, 0) is 37.1 Å². The van der Waals surface area contributed by atoms with Crippen LogP contribution in [-0.4, -0.2) is 44.3 Å². The van der Waals surface area contributed by atoms with E-state index in [1.165, 1.54) is 18.4 Å². The van der Waals surface area contributed by atoms with E-state index < -0.39 is 0 Å². The van der Waals surface area contributed by atoms with Crippen LogP contribution < -0.4 is 5.32 Å². The summed E-state index contributed by atoms with van der Waals surface area (Å²) in [5, 5.41) is 4.37. The van der Waals surface area contributed by atoms with Crippen molar-refractivity contribution in [2.45, 2.75) is 25.4 Å². The fourth-order valence-corrected chi connectivity index (χ4v) is 3.30. The topological polar surface area (TPSA) is 24.5 Å². The van der Waals surface area contributed by atoms with Crippen LogP contribution in [0.3, 0.4) is 0 Å². The quantitative estimate of drug-likeness (QED) is 0.806. The van der Waals surface area contributed by atoms with Crippen LogP contribution in [0.25, 0.3) is 0 Å². The van der Waals surface area contributed by atoms with Crippen LogP contribution in [0.2, 0.25) is 5.02 Å².